The summed E-state index contributed by atoms with van der Waals surface area (Å²) >= 11 is 0. The van der Waals surface area contributed by atoms with E-state index in [4.69, 9.17) is 0 Å². The molecule has 0 fully saturated rings. The van der Waals surface area contributed by atoms with Crippen LogP contribution in [0.25, 0.3) is 10.9 Å². The molecule has 2 heterocycles. The monoisotopic (exact) mass is 340 g/mol. The standard InChI is InChI=1S/C17H20N6O2/c1-12-10-13(2)22(20-12)9-5-8-18-16(24)11-23-17(25)14-6-3-4-7-15(14)19-21-23/h3-4,6-7,10H,5,8-9,11H2,1-2H3,(H,18,24). The lowest BCUT2D eigenvalue weighted by atomic mass is 10.2. The minimum Gasteiger partial charge on any atom is -0.354 e. The fraction of sp³-hybridized carbons (Fsp3) is 0.353. The third kappa shape index (κ3) is 3.90. The van der Waals surface area contributed by atoms with Gasteiger partial charge in [0.05, 0.1) is 11.1 Å². The van der Waals surface area contributed by atoms with E-state index in [1.807, 2.05) is 24.6 Å². The highest BCUT2D eigenvalue weighted by molar-refractivity contribution is 5.78. The van der Waals surface area contributed by atoms with E-state index in [2.05, 4.69) is 20.7 Å². The normalized spacial score (nSPS) is 11.0. The predicted octanol–water partition coefficient (Wildman–Crippen LogP) is 0.811. The van der Waals surface area contributed by atoms with Crippen LogP contribution < -0.4 is 10.9 Å². The van der Waals surface area contributed by atoms with Crippen molar-refractivity contribution < 1.29 is 4.79 Å². The molecule has 25 heavy (non-hydrogen) atoms. The lowest BCUT2D eigenvalue weighted by molar-refractivity contribution is -0.121. The van der Waals surface area contributed by atoms with E-state index < -0.39 is 0 Å². The molecule has 1 amide bonds. The minimum absolute atomic E-state index is 0.142. The Morgan fingerprint density at radius 3 is 2.76 bits per heavy atom. The molecule has 0 radical (unpaired) electrons. The Bertz CT molecular complexity index is 959. The Balaban J connectivity index is 1.53. The molecule has 130 valence electrons. The van der Waals surface area contributed by atoms with Crippen molar-refractivity contribution in [3.8, 4) is 0 Å². The van der Waals surface area contributed by atoms with E-state index in [1.165, 1.54) is 0 Å². The molecule has 1 N–H and O–H groups in total. The zero-order valence-electron chi connectivity index (χ0n) is 14.3. The van der Waals surface area contributed by atoms with Gasteiger partial charge in [0.15, 0.2) is 0 Å². The molecular weight excluding hydrogens is 320 g/mol. The average Bonchev–Trinajstić information content (AvgIpc) is 2.92. The van der Waals surface area contributed by atoms with Crippen molar-refractivity contribution in [1.82, 2.24) is 30.1 Å². The van der Waals surface area contributed by atoms with E-state index in [0.29, 0.717) is 17.4 Å². The Morgan fingerprint density at radius 1 is 1.20 bits per heavy atom. The van der Waals surface area contributed by atoms with E-state index in [9.17, 15) is 9.59 Å². The van der Waals surface area contributed by atoms with Crippen LogP contribution in [0, 0.1) is 13.8 Å². The van der Waals surface area contributed by atoms with Crippen LogP contribution in [0.4, 0.5) is 0 Å². The molecule has 0 bridgehead atoms. The summed E-state index contributed by atoms with van der Waals surface area (Å²) in [5, 5.41) is 15.4. The molecule has 8 nitrogen and oxygen atoms in total. The molecule has 0 saturated carbocycles. The highest BCUT2D eigenvalue weighted by Gasteiger charge is 2.09. The molecule has 0 aliphatic carbocycles. The van der Waals surface area contributed by atoms with Crippen molar-refractivity contribution in [3.63, 3.8) is 0 Å². The molecule has 0 aliphatic heterocycles. The predicted molar refractivity (Wildman–Crippen MR) is 93.1 cm³/mol. The Kier molecular flexibility index (Phi) is 4.87. The van der Waals surface area contributed by atoms with Crippen molar-refractivity contribution >= 4 is 16.8 Å². The van der Waals surface area contributed by atoms with Gasteiger partial charge in [-0.25, -0.2) is 4.68 Å². The zero-order valence-corrected chi connectivity index (χ0v) is 14.3. The summed E-state index contributed by atoms with van der Waals surface area (Å²) in [6.45, 7) is 5.05. The number of nitrogens with zero attached hydrogens (tertiary/aromatic N) is 5. The van der Waals surface area contributed by atoms with Crippen LogP contribution in [0.2, 0.25) is 0 Å². The summed E-state index contributed by atoms with van der Waals surface area (Å²) in [7, 11) is 0. The second-order valence-corrected chi connectivity index (χ2v) is 5.92. The number of carbonyl (C=O) groups excluding carboxylic acids is 1. The second kappa shape index (κ2) is 7.25. The van der Waals surface area contributed by atoms with Gasteiger partial charge in [-0.2, -0.15) is 5.10 Å². The van der Waals surface area contributed by atoms with Crippen molar-refractivity contribution in [1.29, 1.82) is 0 Å². The highest BCUT2D eigenvalue weighted by Crippen LogP contribution is 2.03. The summed E-state index contributed by atoms with van der Waals surface area (Å²) in [4.78, 5) is 24.3. The number of hydrogen-bond acceptors (Lipinski definition) is 5. The summed E-state index contributed by atoms with van der Waals surface area (Å²) in [6.07, 6.45) is 0.756. The van der Waals surface area contributed by atoms with E-state index in [0.717, 1.165) is 29.0 Å². The number of benzene rings is 1. The van der Waals surface area contributed by atoms with Crippen molar-refractivity contribution in [2.75, 3.05) is 6.54 Å². The highest BCUT2D eigenvalue weighted by atomic mass is 16.2. The summed E-state index contributed by atoms with van der Waals surface area (Å²) in [6, 6.07) is 8.96. The first-order valence-electron chi connectivity index (χ1n) is 8.15. The van der Waals surface area contributed by atoms with Gasteiger partial charge in [0, 0.05) is 18.8 Å². The molecular formula is C17H20N6O2. The smallest absolute Gasteiger partial charge is 0.278 e. The number of carbonyl (C=O) groups is 1. The fourth-order valence-corrected chi connectivity index (χ4v) is 2.68. The van der Waals surface area contributed by atoms with Gasteiger partial charge in [0.2, 0.25) is 5.91 Å². The van der Waals surface area contributed by atoms with Gasteiger partial charge in [-0.3, -0.25) is 14.3 Å². The van der Waals surface area contributed by atoms with Crippen molar-refractivity contribution in [3.05, 3.63) is 52.1 Å². The van der Waals surface area contributed by atoms with Crippen LogP contribution in [0.15, 0.2) is 35.1 Å². The average molecular weight is 340 g/mol. The van der Waals surface area contributed by atoms with Crippen molar-refractivity contribution in [2.45, 2.75) is 33.4 Å². The fourth-order valence-electron chi connectivity index (χ4n) is 2.68. The molecule has 0 unspecified atom stereocenters. The molecule has 0 saturated heterocycles. The van der Waals surface area contributed by atoms with Crippen LogP contribution in [0.5, 0.6) is 0 Å². The number of aromatic nitrogens is 5. The van der Waals surface area contributed by atoms with Gasteiger partial charge in [0.1, 0.15) is 12.1 Å². The van der Waals surface area contributed by atoms with Gasteiger partial charge >= 0.3 is 0 Å². The maximum Gasteiger partial charge on any atom is 0.278 e. The lowest BCUT2D eigenvalue weighted by Crippen LogP contribution is -2.34. The molecule has 0 spiro atoms. The van der Waals surface area contributed by atoms with Crippen LogP contribution in [0.1, 0.15) is 17.8 Å². The first-order valence-corrected chi connectivity index (χ1v) is 8.15. The van der Waals surface area contributed by atoms with Gasteiger partial charge < -0.3 is 5.32 Å². The lowest BCUT2D eigenvalue weighted by Gasteiger charge is -2.07. The molecule has 8 heteroatoms. The molecule has 1 aromatic carbocycles. The third-order valence-electron chi connectivity index (χ3n) is 3.89. The molecule has 0 atom stereocenters. The maximum absolute atomic E-state index is 12.3. The largest absolute Gasteiger partial charge is 0.354 e. The molecule has 0 aliphatic rings. The Labute approximate surface area is 144 Å². The maximum atomic E-state index is 12.3. The summed E-state index contributed by atoms with van der Waals surface area (Å²) < 4.78 is 3.00. The minimum atomic E-state index is -0.316. The van der Waals surface area contributed by atoms with E-state index >= 15 is 0 Å². The quantitative estimate of drug-likeness (QED) is 0.670. The van der Waals surface area contributed by atoms with Gasteiger partial charge in [-0.15, -0.1) is 5.10 Å². The SMILES string of the molecule is Cc1cc(C)n(CCCNC(=O)Cn2nnc3ccccc3c2=O)n1. The number of nitrogens with one attached hydrogen (secondary N) is 1. The Hall–Kier alpha value is -3.03. The number of aryl methyl sites for hydroxylation is 3. The van der Waals surface area contributed by atoms with Gasteiger partial charge in [0.25, 0.3) is 5.56 Å². The topological polar surface area (TPSA) is 94.7 Å². The van der Waals surface area contributed by atoms with Gasteiger partial charge in [-0.1, -0.05) is 17.3 Å². The van der Waals surface area contributed by atoms with Crippen LogP contribution in [-0.4, -0.2) is 37.2 Å². The first-order chi connectivity index (χ1) is 12.0. The summed E-state index contributed by atoms with van der Waals surface area (Å²) in [5.41, 5.74) is 2.29. The van der Waals surface area contributed by atoms with Crippen molar-refractivity contribution in [2.24, 2.45) is 0 Å². The van der Waals surface area contributed by atoms with Crippen LogP contribution >= 0.6 is 0 Å². The Morgan fingerprint density at radius 2 is 2.00 bits per heavy atom. The third-order valence-corrected chi connectivity index (χ3v) is 3.89. The first kappa shape index (κ1) is 16.8. The molecule has 3 rings (SSSR count). The summed E-state index contributed by atoms with van der Waals surface area (Å²) in [5.74, 6) is -0.264. The van der Waals surface area contributed by atoms with E-state index in [-0.39, 0.29) is 18.0 Å². The number of fused-ring (bicyclic) bond motifs is 1. The van der Waals surface area contributed by atoms with E-state index in [1.54, 1.807) is 24.3 Å². The zero-order chi connectivity index (χ0) is 17.8. The van der Waals surface area contributed by atoms with Crippen LogP contribution in [-0.2, 0) is 17.9 Å². The number of hydrogen-bond donors (Lipinski definition) is 1. The number of rotatable bonds is 6. The second-order valence-electron chi connectivity index (χ2n) is 5.92. The molecule has 2 aromatic heterocycles. The number of amides is 1. The molecule has 3 aromatic rings. The van der Waals surface area contributed by atoms with Gasteiger partial charge in [-0.05, 0) is 38.5 Å². The van der Waals surface area contributed by atoms with Crippen LogP contribution in [0.3, 0.4) is 0 Å².